The topological polar surface area (TPSA) is 432 Å². The number of hydrogen-bond donors (Lipinski definition) is 7. The standard InChI is InChI=1S/C28H26N6O21S6/c35-26-23(32-29-16-1-5-18(6-2-16)56(38,39)13-11-54-60(48,49)50)27(36)25(34-31-21-15-20(58(42,43)44)9-10-22(21)59(45,46)47)28(37)24(26)33-30-17-3-7-19(8-4-17)57(40,41)14-12-55-61(51,52)53/h1-10,15,29-30,36H,11-14H2,(H,42,43,44)(H,45,46,47)(H,48,49,50)(H,51,52,53). The highest BCUT2D eigenvalue weighted by molar-refractivity contribution is 7.91. The summed E-state index contributed by atoms with van der Waals surface area (Å²) in [6, 6.07) is 9.67. The second kappa shape index (κ2) is 18.3. The molecule has 27 nitrogen and oxygen atoms in total. The molecule has 4 rings (SSSR count). The van der Waals surface area contributed by atoms with Gasteiger partial charge in [-0.25, -0.2) is 25.2 Å². The lowest BCUT2D eigenvalue weighted by Crippen LogP contribution is -2.48. The van der Waals surface area contributed by atoms with Gasteiger partial charge in [0.2, 0.25) is 10.9 Å². The van der Waals surface area contributed by atoms with Crippen LogP contribution in [-0.4, -0.2) is 98.5 Å². The summed E-state index contributed by atoms with van der Waals surface area (Å²) in [5.41, 5.74) is -0.920. The molecule has 0 saturated carbocycles. The van der Waals surface area contributed by atoms with E-state index in [1.807, 2.05) is 0 Å². The van der Waals surface area contributed by atoms with Crippen molar-refractivity contribution >= 4 is 83.5 Å². The molecule has 0 radical (unpaired) electrons. The van der Waals surface area contributed by atoms with E-state index >= 15 is 0 Å². The number of azo groups is 1. The molecule has 330 valence electrons. The summed E-state index contributed by atoms with van der Waals surface area (Å²) in [4.78, 5) is 24.2. The number of nitrogens with zero attached hydrogens (tertiary/aromatic N) is 4. The maximum absolute atomic E-state index is 13.5. The van der Waals surface area contributed by atoms with E-state index in [1.165, 1.54) is 0 Å². The van der Waals surface area contributed by atoms with Crippen LogP contribution in [0.15, 0.2) is 116 Å². The molecular formula is C28H26N6O21S6. The minimum Gasteiger partial charge on any atom is -0.504 e. The molecule has 0 saturated heterocycles. The van der Waals surface area contributed by atoms with Crippen molar-refractivity contribution in [3.05, 3.63) is 97.9 Å². The van der Waals surface area contributed by atoms with Gasteiger partial charge < -0.3 is 5.11 Å². The Balaban J connectivity index is 1.82. The third-order valence-corrected chi connectivity index (χ3v) is 13.3. The third kappa shape index (κ3) is 13.3. The Morgan fingerprint density at radius 3 is 1.36 bits per heavy atom. The maximum Gasteiger partial charge on any atom is 0.397 e. The Morgan fingerprint density at radius 2 is 0.951 bits per heavy atom. The van der Waals surface area contributed by atoms with E-state index in [1.54, 1.807) is 0 Å². The Labute approximate surface area is 343 Å². The molecule has 0 bridgehead atoms. The van der Waals surface area contributed by atoms with Gasteiger partial charge in [0.1, 0.15) is 10.6 Å². The summed E-state index contributed by atoms with van der Waals surface area (Å²) >= 11 is 0. The quantitative estimate of drug-likeness (QED) is 0.0355. The number of hydrogen-bond acceptors (Lipinski definition) is 23. The molecule has 0 spiro atoms. The van der Waals surface area contributed by atoms with Crippen LogP contribution in [-0.2, 0) is 69.1 Å². The van der Waals surface area contributed by atoms with Crippen molar-refractivity contribution in [2.75, 3.05) is 35.6 Å². The Morgan fingerprint density at radius 1 is 0.525 bits per heavy atom. The number of phenols is 1. The van der Waals surface area contributed by atoms with Crippen LogP contribution < -0.4 is 32.4 Å². The molecule has 4 aromatic carbocycles. The minimum atomic E-state index is -5.20. The van der Waals surface area contributed by atoms with Crippen molar-refractivity contribution in [1.82, 2.24) is 0 Å². The van der Waals surface area contributed by atoms with Crippen molar-refractivity contribution in [3.8, 4) is 5.75 Å². The first-order valence-electron chi connectivity index (χ1n) is 15.6. The van der Waals surface area contributed by atoms with E-state index in [4.69, 9.17) is 9.11 Å². The average molecular weight is 975 g/mol. The van der Waals surface area contributed by atoms with Crippen LogP contribution in [0.25, 0.3) is 0 Å². The molecule has 0 atom stereocenters. The normalized spacial score (nSPS) is 13.8. The summed E-state index contributed by atoms with van der Waals surface area (Å²) in [6.45, 7) is -1.88. The first kappa shape index (κ1) is 48.2. The SMILES string of the molecule is O=c1c(N=Nc2cc(S(=O)(=O)O)ccc2S(=O)(=O)O)c(O)c(=NNc2ccc(S(=O)(=O)CCOS(=O)(=O)O)cc2)c(=O)c1=NNc1ccc(S(=O)(=O)CCOS(=O)(=O)O)cc1. The molecule has 0 aromatic heterocycles. The van der Waals surface area contributed by atoms with Crippen molar-refractivity contribution in [3.63, 3.8) is 0 Å². The second-order valence-corrected chi connectivity index (χ2v) is 20.7. The van der Waals surface area contributed by atoms with Crippen LogP contribution in [0, 0.1) is 0 Å². The average Bonchev–Trinajstić information content (AvgIpc) is 3.13. The molecule has 0 fully saturated rings. The van der Waals surface area contributed by atoms with Gasteiger partial charge in [0, 0.05) is 0 Å². The van der Waals surface area contributed by atoms with Crippen LogP contribution in [0.3, 0.4) is 0 Å². The van der Waals surface area contributed by atoms with Gasteiger partial charge in [-0.3, -0.25) is 38.7 Å². The molecule has 0 heterocycles. The van der Waals surface area contributed by atoms with Gasteiger partial charge in [0.05, 0.1) is 50.8 Å². The van der Waals surface area contributed by atoms with Crippen LogP contribution in [0.4, 0.5) is 22.7 Å². The van der Waals surface area contributed by atoms with Crippen LogP contribution in [0.5, 0.6) is 5.75 Å². The van der Waals surface area contributed by atoms with Crippen molar-refractivity contribution < 1.29 is 82.2 Å². The molecule has 0 aliphatic rings. The number of nitrogens with one attached hydrogen (secondary N) is 2. The summed E-state index contributed by atoms with van der Waals surface area (Å²) in [5.74, 6) is -3.14. The van der Waals surface area contributed by atoms with E-state index in [0.29, 0.717) is 18.2 Å². The molecule has 33 heteroatoms. The lowest BCUT2D eigenvalue weighted by Gasteiger charge is -2.06. The predicted octanol–water partition coefficient (Wildman–Crippen LogP) is -1.06. The molecule has 0 amide bonds. The zero-order valence-corrected chi connectivity index (χ0v) is 34.6. The number of phenolic OH excluding ortho intramolecular Hbond substituents is 1. The smallest absolute Gasteiger partial charge is 0.397 e. The molecule has 0 aliphatic heterocycles. The van der Waals surface area contributed by atoms with E-state index < -0.39 is 134 Å². The monoisotopic (exact) mass is 974 g/mol. The summed E-state index contributed by atoms with van der Waals surface area (Å²) in [6.07, 6.45) is 0. The Bertz CT molecular complexity index is 3320. The van der Waals surface area contributed by atoms with E-state index in [0.717, 1.165) is 48.5 Å². The zero-order chi connectivity index (χ0) is 45.8. The van der Waals surface area contributed by atoms with E-state index in [-0.39, 0.29) is 21.2 Å². The van der Waals surface area contributed by atoms with Gasteiger partial charge in [-0.15, -0.1) is 10.2 Å². The number of rotatable bonds is 18. The Hall–Kier alpha value is -5.46. The fourth-order valence-corrected chi connectivity index (χ4v) is 8.54. The van der Waals surface area contributed by atoms with Gasteiger partial charge in [-0.05, 0) is 66.7 Å². The van der Waals surface area contributed by atoms with Gasteiger partial charge >= 0.3 is 20.8 Å². The third-order valence-electron chi connectivity index (χ3n) is 7.26. The van der Waals surface area contributed by atoms with Crippen LogP contribution >= 0.6 is 0 Å². The molecule has 0 unspecified atom stereocenters. The lowest BCUT2D eigenvalue weighted by molar-refractivity contribution is 0.282. The summed E-state index contributed by atoms with van der Waals surface area (Å²) in [5, 5.41) is 23.1. The molecule has 4 aromatic rings. The van der Waals surface area contributed by atoms with Crippen LogP contribution in [0.1, 0.15) is 0 Å². The first-order valence-corrected chi connectivity index (χ1v) is 24.5. The Kier molecular flexibility index (Phi) is 14.4. The maximum atomic E-state index is 13.5. The zero-order valence-electron chi connectivity index (χ0n) is 29.7. The van der Waals surface area contributed by atoms with Gasteiger partial charge in [-0.1, -0.05) is 0 Å². The lowest BCUT2D eigenvalue weighted by atomic mass is 10.2. The molecule has 0 aliphatic carbocycles. The fourth-order valence-electron chi connectivity index (χ4n) is 4.46. The summed E-state index contributed by atoms with van der Waals surface area (Å²) in [7, 11) is -28.5. The number of aromatic hydroxyl groups is 1. The molecular weight excluding hydrogens is 949 g/mol. The van der Waals surface area contributed by atoms with Crippen molar-refractivity contribution in [2.45, 2.75) is 19.6 Å². The van der Waals surface area contributed by atoms with Gasteiger partial charge in [0.25, 0.3) is 20.2 Å². The number of benzene rings is 4. The first-order chi connectivity index (χ1) is 28.0. The van der Waals surface area contributed by atoms with Crippen LogP contribution in [0.2, 0.25) is 0 Å². The van der Waals surface area contributed by atoms with Gasteiger partial charge in [0.15, 0.2) is 41.8 Å². The molecule has 61 heavy (non-hydrogen) atoms. The minimum absolute atomic E-state index is 0.0997. The largest absolute Gasteiger partial charge is 0.504 e. The number of sulfone groups is 2. The predicted molar refractivity (Wildman–Crippen MR) is 204 cm³/mol. The molecule has 7 N–H and O–H groups in total. The number of anilines is 2. The highest BCUT2D eigenvalue weighted by Gasteiger charge is 2.23. The fraction of sp³-hybridized carbons (Fsp3) is 0.143. The van der Waals surface area contributed by atoms with E-state index in [9.17, 15) is 74.3 Å². The van der Waals surface area contributed by atoms with E-state index in [2.05, 4.69) is 39.6 Å². The van der Waals surface area contributed by atoms with Gasteiger partial charge in [-0.2, -0.15) is 43.9 Å². The van der Waals surface area contributed by atoms with Crippen molar-refractivity contribution in [2.24, 2.45) is 20.4 Å². The highest BCUT2D eigenvalue weighted by atomic mass is 32.3. The second-order valence-electron chi connectivity index (χ2n) is 11.5. The van der Waals surface area contributed by atoms with Crippen molar-refractivity contribution in [1.29, 1.82) is 0 Å². The highest BCUT2D eigenvalue weighted by Crippen LogP contribution is 2.30. The summed E-state index contributed by atoms with van der Waals surface area (Å²) < 4.78 is 185.